The molecule has 11 nitrogen and oxygen atoms in total. The van der Waals surface area contributed by atoms with E-state index in [0.29, 0.717) is 61.6 Å². The van der Waals surface area contributed by atoms with Gasteiger partial charge in [0.25, 0.3) is 11.6 Å². The lowest BCUT2D eigenvalue weighted by Gasteiger charge is -2.30. The molecule has 1 aliphatic carbocycles. The minimum Gasteiger partial charge on any atom is -0.474 e. The Morgan fingerprint density at radius 3 is 2.63 bits per heavy atom. The normalized spacial score (nSPS) is 23.3. The number of alkyl halides is 2. The molecule has 1 aromatic carbocycles. The average molecular weight is 573 g/mol. The number of ether oxygens (including phenoxy) is 3. The number of hydrogen-bond donors (Lipinski definition) is 3. The fourth-order valence-electron chi connectivity index (χ4n) is 5.68. The van der Waals surface area contributed by atoms with Crippen molar-refractivity contribution in [2.75, 3.05) is 51.0 Å². The molecule has 1 saturated carbocycles. The molecule has 6 rings (SSSR count). The smallest absolute Gasteiger partial charge is 0.322 e. The number of H-pyrrole nitrogens is 1. The highest BCUT2D eigenvalue weighted by Crippen LogP contribution is 2.27. The number of halogens is 2. The summed E-state index contributed by atoms with van der Waals surface area (Å²) >= 11 is 0. The minimum absolute atomic E-state index is 0.0116. The van der Waals surface area contributed by atoms with Gasteiger partial charge in [-0.2, -0.15) is 18.3 Å². The summed E-state index contributed by atoms with van der Waals surface area (Å²) in [5.41, 5.74) is 1.18. The summed E-state index contributed by atoms with van der Waals surface area (Å²) in [4.78, 5) is 26.6. The third kappa shape index (κ3) is 6.57. The van der Waals surface area contributed by atoms with Gasteiger partial charge in [0.05, 0.1) is 32.4 Å². The number of amides is 1. The number of nitrogens with one attached hydrogen (secondary N) is 3. The lowest BCUT2D eigenvalue weighted by molar-refractivity contribution is -0.586. The second-order valence-corrected chi connectivity index (χ2v) is 10.7. The van der Waals surface area contributed by atoms with E-state index < -0.39 is 6.43 Å². The van der Waals surface area contributed by atoms with Gasteiger partial charge in [-0.15, -0.1) is 0 Å². The van der Waals surface area contributed by atoms with Crippen LogP contribution in [0.1, 0.15) is 44.4 Å². The number of imidazole rings is 1. The van der Waals surface area contributed by atoms with Gasteiger partial charge in [-0.1, -0.05) is 17.1 Å². The Balaban J connectivity index is 1.17. The molecule has 0 spiro atoms. The summed E-state index contributed by atoms with van der Waals surface area (Å²) in [5.74, 6) is 0.799. The van der Waals surface area contributed by atoms with Gasteiger partial charge >= 0.3 is 12.4 Å². The van der Waals surface area contributed by atoms with E-state index in [2.05, 4.69) is 20.6 Å². The summed E-state index contributed by atoms with van der Waals surface area (Å²) in [7, 11) is 0. The molecular formula is C28H36F2N7O4+. The van der Waals surface area contributed by atoms with Crippen LogP contribution in [0.5, 0.6) is 5.88 Å². The summed E-state index contributed by atoms with van der Waals surface area (Å²) in [6, 6.07) is 9.10. The van der Waals surface area contributed by atoms with Crippen LogP contribution >= 0.6 is 0 Å². The minimum atomic E-state index is -2.74. The number of aromatic amines is 1. The number of benzene rings is 1. The van der Waals surface area contributed by atoms with E-state index in [9.17, 15) is 13.6 Å². The van der Waals surface area contributed by atoms with Crippen LogP contribution in [0.25, 0.3) is 16.9 Å². The lowest BCUT2D eigenvalue weighted by Crippen LogP contribution is -2.45. The maximum absolute atomic E-state index is 14.1. The Morgan fingerprint density at radius 1 is 1.07 bits per heavy atom. The largest absolute Gasteiger partial charge is 0.474 e. The maximum Gasteiger partial charge on any atom is 0.322 e. The Morgan fingerprint density at radius 2 is 1.88 bits per heavy atom. The van der Waals surface area contributed by atoms with Crippen molar-refractivity contribution in [2.45, 2.75) is 56.7 Å². The van der Waals surface area contributed by atoms with Crippen molar-refractivity contribution in [1.29, 1.82) is 0 Å². The molecule has 2 aromatic heterocycles. The van der Waals surface area contributed by atoms with Crippen LogP contribution in [0, 0.1) is 0 Å². The van der Waals surface area contributed by atoms with Gasteiger partial charge in [-0.25, -0.2) is 0 Å². The summed E-state index contributed by atoms with van der Waals surface area (Å²) < 4.78 is 46.9. The van der Waals surface area contributed by atoms with Crippen molar-refractivity contribution >= 4 is 22.9 Å². The first-order valence-electron chi connectivity index (χ1n) is 14.3. The van der Waals surface area contributed by atoms with Gasteiger partial charge in [-0.3, -0.25) is 9.78 Å². The van der Waals surface area contributed by atoms with Gasteiger partial charge in [0.15, 0.2) is 0 Å². The molecule has 3 aliphatic rings. The molecule has 13 heteroatoms. The zero-order valence-electron chi connectivity index (χ0n) is 22.9. The van der Waals surface area contributed by atoms with E-state index >= 15 is 0 Å². The van der Waals surface area contributed by atoms with Gasteiger partial charge < -0.3 is 29.7 Å². The van der Waals surface area contributed by atoms with Gasteiger partial charge in [-0.05, 0) is 44.2 Å². The number of fused-ring (bicyclic) bond motifs is 1. The molecule has 2 saturated heterocycles. The molecule has 2 aliphatic heterocycles. The number of hydrogen-bond acceptors (Lipinski definition) is 8. The number of morpholine rings is 1. The molecule has 0 bridgehead atoms. The predicted molar refractivity (Wildman–Crippen MR) is 145 cm³/mol. The summed E-state index contributed by atoms with van der Waals surface area (Å²) in [6.07, 6.45) is 1.12. The number of nitrogens with zero attached hydrogens (tertiary/aromatic N) is 4. The molecule has 220 valence electrons. The number of aromatic nitrogens is 4. The Kier molecular flexibility index (Phi) is 8.54. The van der Waals surface area contributed by atoms with E-state index in [1.54, 1.807) is 30.3 Å². The number of carbonyl (C=O) groups excluding carboxylic acids is 1. The molecule has 3 aromatic rings. The lowest BCUT2D eigenvalue weighted by atomic mass is 9.93. The number of para-hydroxylation sites is 2. The van der Waals surface area contributed by atoms with E-state index in [4.69, 9.17) is 19.2 Å². The fraction of sp³-hybridized carbons (Fsp3) is 0.571. The van der Waals surface area contributed by atoms with Crippen LogP contribution in [0.2, 0.25) is 0 Å². The van der Waals surface area contributed by atoms with Crippen LogP contribution in [-0.2, 0) is 14.3 Å². The molecule has 1 atom stereocenters. The van der Waals surface area contributed by atoms with Crippen molar-refractivity contribution < 1.29 is 32.4 Å². The monoisotopic (exact) mass is 572 g/mol. The van der Waals surface area contributed by atoms with Crippen molar-refractivity contribution in [3.05, 3.63) is 36.2 Å². The average Bonchev–Trinajstić information content (AvgIpc) is 3.66. The molecule has 0 radical (unpaired) electrons. The first-order valence-corrected chi connectivity index (χ1v) is 14.3. The van der Waals surface area contributed by atoms with E-state index in [0.717, 1.165) is 38.7 Å². The van der Waals surface area contributed by atoms with Crippen LogP contribution in [0.3, 0.4) is 0 Å². The maximum atomic E-state index is 14.1. The van der Waals surface area contributed by atoms with Crippen LogP contribution in [0.15, 0.2) is 30.3 Å². The highest BCUT2D eigenvalue weighted by molar-refractivity contribution is 5.78. The van der Waals surface area contributed by atoms with Crippen LogP contribution < -0.4 is 24.8 Å². The highest BCUT2D eigenvalue weighted by atomic mass is 19.3. The zero-order chi connectivity index (χ0) is 28.2. The summed E-state index contributed by atoms with van der Waals surface area (Å²) in [5, 5.41) is 6.37. The topological polar surface area (TPSA) is 118 Å². The first-order chi connectivity index (χ1) is 20.0. The Labute approximate surface area is 236 Å². The third-order valence-corrected chi connectivity index (χ3v) is 7.86. The highest BCUT2D eigenvalue weighted by Gasteiger charge is 2.31. The van der Waals surface area contributed by atoms with Crippen molar-refractivity contribution in [3.8, 4) is 11.7 Å². The Bertz CT molecular complexity index is 1340. The molecule has 0 unspecified atom stereocenters. The molecule has 4 heterocycles. The quantitative estimate of drug-likeness (QED) is 0.334. The molecule has 41 heavy (non-hydrogen) atoms. The standard InChI is InChI=1S/C28H35F2N7O4/c29-26(30)27-33-21-3-1-2-4-22(21)37(27)23-15-25(35-28(34-23)36-10-13-39-14-11-36)41-20-7-5-18(6-8-20)32-24(38)16-31-19-9-12-40-17-19/h1-4,15,18-20,26,31H,5-14,16-17H2,(H,32,38)/p+1/t18?,19-,20?/m1/s1. The number of carbonyl (C=O) groups is 1. The van der Waals surface area contributed by atoms with E-state index in [1.165, 1.54) is 4.57 Å². The van der Waals surface area contributed by atoms with Crippen LogP contribution in [0.4, 0.5) is 14.7 Å². The Hall–Kier alpha value is -3.42. The zero-order valence-corrected chi connectivity index (χ0v) is 22.9. The molecule has 1 amide bonds. The van der Waals surface area contributed by atoms with E-state index in [-0.39, 0.29) is 36.5 Å². The third-order valence-electron chi connectivity index (χ3n) is 7.86. The van der Waals surface area contributed by atoms with Crippen molar-refractivity contribution in [3.63, 3.8) is 0 Å². The predicted octanol–water partition coefficient (Wildman–Crippen LogP) is 2.19. The molecule has 3 N–H and O–H groups in total. The molecule has 3 fully saturated rings. The van der Waals surface area contributed by atoms with Gasteiger partial charge in [0, 0.05) is 31.8 Å². The second kappa shape index (κ2) is 12.6. The van der Waals surface area contributed by atoms with Crippen molar-refractivity contribution in [2.24, 2.45) is 0 Å². The SMILES string of the molecule is O=C(CN[C@@H]1CCOC1)NC1CCC(Oc2cc(-[n+]3c(C(F)F)[nH]c4ccccc43)nc(N3CCOCC3)n2)CC1. The fourth-order valence-corrected chi connectivity index (χ4v) is 5.68. The summed E-state index contributed by atoms with van der Waals surface area (Å²) in [6.45, 7) is 3.92. The second-order valence-electron chi connectivity index (χ2n) is 10.7. The number of rotatable bonds is 9. The first kappa shape index (κ1) is 27.7. The van der Waals surface area contributed by atoms with E-state index in [1.807, 2.05) is 4.90 Å². The van der Waals surface area contributed by atoms with Gasteiger partial charge in [0.1, 0.15) is 17.1 Å². The molecular weight excluding hydrogens is 536 g/mol. The van der Waals surface area contributed by atoms with Crippen LogP contribution in [-0.4, -0.2) is 85.1 Å². The van der Waals surface area contributed by atoms with Gasteiger partial charge in [0.2, 0.25) is 11.8 Å². The van der Waals surface area contributed by atoms with Crippen molar-refractivity contribution in [1.82, 2.24) is 25.6 Å². The number of anilines is 1.